The molecule has 0 unspecified atom stereocenters. The van der Waals surface area contributed by atoms with E-state index in [-0.39, 0.29) is 29.8 Å². The fourth-order valence-corrected chi connectivity index (χ4v) is 4.72. The first-order valence-electron chi connectivity index (χ1n) is 11.3. The normalized spacial score (nSPS) is 21.7. The molecule has 0 radical (unpaired) electrons. The third-order valence-corrected chi connectivity index (χ3v) is 10.5. The molecule has 1 fully saturated rings. The Morgan fingerprint density at radius 3 is 2.16 bits per heavy atom. The van der Waals surface area contributed by atoms with Crippen LogP contribution in [0.25, 0.3) is 0 Å². The van der Waals surface area contributed by atoms with Gasteiger partial charge in [-0.25, -0.2) is 9.59 Å². The summed E-state index contributed by atoms with van der Waals surface area (Å²) in [6.07, 6.45) is 0.0103. The van der Waals surface area contributed by atoms with Crippen LogP contribution < -0.4 is 10.6 Å². The van der Waals surface area contributed by atoms with E-state index in [9.17, 15) is 9.59 Å². The largest absolute Gasteiger partial charge is 0.445 e. The third kappa shape index (κ3) is 8.13. The highest BCUT2D eigenvalue weighted by Gasteiger charge is 2.45. The van der Waals surface area contributed by atoms with Crippen molar-refractivity contribution in [3.63, 3.8) is 0 Å². The fourth-order valence-electron chi connectivity index (χ4n) is 3.34. The maximum Gasteiger partial charge on any atom is 0.407 e. The molecule has 1 aromatic rings. The molecule has 2 rings (SSSR count). The summed E-state index contributed by atoms with van der Waals surface area (Å²) in [7, 11) is -2.07. The van der Waals surface area contributed by atoms with Crippen molar-refractivity contribution in [3.05, 3.63) is 35.9 Å². The number of rotatable bonds is 6. The highest BCUT2D eigenvalue weighted by Crippen LogP contribution is 2.39. The molecule has 8 heteroatoms. The van der Waals surface area contributed by atoms with E-state index in [4.69, 9.17) is 13.9 Å². The Labute approximate surface area is 193 Å². The van der Waals surface area contributed by atoms with Crippen LogP contribution in [0.4, 0.5) is 9.59 Å². The SMILES string of the molecule is CC(C)(C)OC(=O)N[C@H]1C[C@H](NC(=O)OCc2ccccc2)C[C@H]1O[Si](C)(C)C(C)(C)C. The van der Waals surface area contributed by atoms with Gasteiger partial charge < -0.3 is 24.5 Å². The van der Waals surface area contributed by atoms with Gasteiger partial charge in [0.05, 0.1) is 12.1 Å². The smallest absolute Gasteiger partial charge is 0.407 e. The first kappa shape index (κ1) is 26.2. The summed E-state index contributed by atoms with van der Waals surface area (Å²) in [6, 6.07) is 9.14. The van der Waals surface area contributed by atoms with Gasteiger partial charge in [-0.1, -0.05) is 51.1 Å². The quantitative estimate of drug-likeness (QED) is 0.554. The van der Waals surface area contributed by atoms with Crippen LogP contribution >= 0.6 is 0 Å². The lowest BCUT2D eigenvalue weighted by Gasteiger charge is -2.40. The summed E-state index contributed by atoms with van der Waals surface area (Å²) in [5, 5.41) is 5.93. The minimum absolute atomic E-state index is 0.0313. The molecule has 0 aromatic heterocycles. The van der Waals surface area contributed by atoms with Crippen molar-refractivity contribution in [1.82, 2.24) is 10.6 Å². The number of carbonyl (C=O) groups excluding carboxylic acids is 2. The lowest BCUT2D eigenvalue weighted by Crippen LogP contribution is -2.50. The highest BCUT2D eigenvalue weighted by atomic mass is 28.4. The minimum atomic E-state index is -2.07. The van der Waals surface area contributed by atoms with E-state index in [1.807, 2.05) is 51.1 Å². The summed E-state index contributed by atoms with van der Waals surface area (Å²) >= 11 is 0. The standard InChI is InChI=1S/C24H40N2O5Si/c1-23(2,3)30-22(28)26-19-14-18(15-20(19)31-32(7,8)24(4,5)6)25-21(27)29-16-17-12-10-9-11-13-17/h9-13,18-20H,14-16H2,1-8H3,(H,25,27)(H,26,28)/t18-,19-,20+/m0/s1. The molecule has 0 saturated heterocycles. The Hall–Kier alpha value is -2.06. The number of alkyl carbamates (subject to hydrolysis) is 2. The van der Waals surface area contributed by atoms with Crippen LogP contribution in [0.2, 0.25) is 18.1 Å². The summed E-state index contributed by atoms with van der Waals surface area (Å²) in [5.74, 6) is 0. The maximum absolute atomic E-state index is 12.4. The lowest BCUT2D eigenvalue weighted by molar-refractivity contribution is 0.0457. The molecule has 1 saturated carbocycles. The molecule has 1 aliphatic carbocycles. The van der Waals surface area contributed by atoms with Crippen LogP contribution in [0.1, 0.15) is 59.9 Å². The van der Waals surface area contributed by atoms with E-state index in [2.05, 4.69) is 44.5 Å². The molecule has 2 amide bonds. The molecule has 0 spiro atoms. The van der Waals surface area contributed by atoms with E-state index in [1.165, 1.54) is 0 Å². The summed E-state index contributed by atoms with van der Waals surface area (Å²) < 4.78 is 17.4. The number of hydrogen-bond acceptors (Lipinski definition) is 5. The van der Waals surface area contributed by atoms with Crippen molar-refractivity contribution in [2.24, 2.45) is 0 Å². The lowest BCUT2D eigenvalue weighted by atomic mass is 10.2. The molecule has 32 heavy (non-hydrogen) atoms. The zero-order chi connectivity index (χ0) is 24.2. The molecular weight excluding hydrogens is 424 g/mol. The number of nitrogens with one attached hydrogen (secondary N) is 2. The van der Waals surface area contributed by atoms with E-state index in [1.54, 1.807) is 0 Å². The molecule has 2 N–H and O–H groups in total. The van der Waals surface area contributed by atoms with Crippen LogP contribution in [0, 0.1) is 0 Å². The second kappa shape index (κ2) is 10.3. The monoisotopic (exact) mass is 464 g/mol. The van der Waals surface area contributed by atoms with Crippen LogP contribution in [0.3, 0.4) is 0 Å². The molecule has 1 aliphatic rings. The van der Waals surface area contributed by atoms with Gasteiger partial charge in [-0.3, -0.25) is 0 Å². The van der Waals surface area contributed by atoms with Gasteiger partial charge in [-0.2, -0.15) is 0 Å². The van der Waals surface area contributed by atoms with Gasteiger partial charge >= 0.3 is 12.2 Å². The van der Waals surface area contributed by atoms with E-state index in [0.717, 1.165) is 5.56 Å². The van der Waals surface area contributed by atoms with Crippen molar-refractivity contribution in [2.75, 3.05) is 0 Å². The zero-order valence-electron chi connectivity index (χ0n) is 20.8. The Bertz CT molecular complexity index is 771. The predicted octanol–water partition coefficient (Wildman–Crippen LogP) is 5.36. The summed E-state index contributed by atoms with van der Waals surface area (Å²) in [6.45, 7) is 16.6. The Morgan fingerprint density at radius 2 is 1.59 bits per heavy atom. The number of carbonyl (C=O) groups is 2. The number of amides is 2. The average Bonchev–Trinajstić information content (AvgIpc) is 2.98. The summed E-state index contributed by atoms with van der Waals surface area (Å²) in [5.41, 5.74) is 0.342. The van der Waals surface area contributed by atoms with Crippen LogP contribution in [0.15, 0.2) is 30.3 Å². The Morgan fingerprint density at radius 1 is 0.969 bits per heavy atom. The van der Waals surface area contributed by atoms with Gasteiger partial charge in [0, 0.05) is 6.04 Å². The van der Waals surface area contributed by atoms with Gasteiger partial charge in [0.1, 0.15) is 12.2 Å². The minimum Gasteiger partial charge on any atom is -0.445 e. The number of benzene rings is 1. The van der Waals surface area contributed by atoms with Crippen LogP contribution in [0.5, 0.6) is 0 Å². The predicted molar refractivity (Wildman–Crippen MR) is 128 cm³/mol. The van der Waals surface area contributed by atoms with Gasteiger partial charge in [0.2, 0.25) is 0 Å². The van der Waals surface area contributed by atoms with Crippen molar-refractivity contribution in [3.8, 4) is 0 Å². The first-order chi connectivity index (χ1) is 14.7. The molecule has 3 atom stereocenters. The molecule has 0 bridgehead atoms. The molecule has 0 heterocycles. The van der Waals surface area contributed by atoms with E-state index < -0.39 is 26.1 Å². The van der Waals surface area contributed by atoms with Crippen LogP contribution in [-0.4, -0.2) is 44.3 Å². The van der Waals surface area contributed by atoms with Gasteiger partial charge in [0.15, 0.2) is 8.32 Å². The maximum atomic E-state index is 12.4. The van der Waals surface area contributed by atoms with Gasteiger partial charge in [-0.05, 0) is 57.3 Å². The Balaban J connectivity index is 2.02. The molecule has 180 valence electrons. The van der Waals surface area contributed by atoms with Gasteiger partial charge in [-0.15, -0.1) is 0 Å². The Kier molecular flexibility index (Phi) is 8.39. The number of ether oxygens (including phenoxy) is 2. The van der Waals surface area contributed by atoms with Gasteiger partial charge in [0.25, 0.3) is 0 Å². The van der Waals surface area contributed by atoms with Crippen molar-refractivity contribution in [1.29, 1.82) is 0 Å². The van der Waals surface area contributed by atoms with Crippen molar-refractivity contribution in [2.45, 2.75) is 103 Å². The van der Waals surface area contributed by atoms with Crippen molar-refractivity contribution < 1.29 is 23.5 Å². The molecule has 0 aliphatic heterocycles. The first-order valence-corrected chi connectivity index (χ1v) is 14.2. The van der Waals surface area contributed by atoms with Crippen LogP contribution in [-0.2, 0) is 20.5 Å². The van der Waals surface area contributed by atoms with E-state index in [0.29, 0.717) is 12.8 Å². The highest BCUT2D eigenvalue weighted by molar-refractivity contribution is 6.74. The molecule has 1 aromatic carbocycles. The molecular formula is C24H40N2O5Si. The zero-order valence-corrected chi connectivity index (χ0v) is 21.8. The fraction of sp³-hybridized carbons (Fsp3) is 0.667. The molecule has 7 nitrogen and oxygen atoms in total. The second-order valence-electron chi connectivity index (χ2n) is 11.0. The number of hydrogen-bond donors (Lipinski definition) is 2. The third-order valence-electron chi connectivity index (χ3n) is 5.99. The summed E-state index contributed by atoms with van der Waals surface area (Å²) in [4.78, 5) is 24.8. The van der Waals surface area contributed by atoms with Crippen molar-refractivity contribution >= 4 is 20.5 Å². The topological polar surface area (TPSA) is 85.9 Å². The second-order valence-corrected chi connectivity index (χ2v) is 15.8. The average molecular weight is 465 g/mol. The van der Waals surface area contributed by atoms with E-state index >= 15 is 0 Å².